The van der Waals surface area contributed by atoms with Crippen molar-refractivity contribution in [1.29, 1.82) is 0 Å². The summed E-state index contributed by atoms with van der Waals surface area (Å²) in [6, 6.07) is 9.94. The van der Waals surface area contributed by atoms with Crippen LogP contribution in [0.5, 0.6) is 11.5 Å². The van der Waals surface area contributed by atoms with Gasteiger partial charge in [-0.1, -0.05) is 18.2 Å². The highest BCUT2D eigenvalue weighted by Crippen LogP contribution is 2.42. The van der Waals surface area contributed by atoms with E-state index in [0.29, 0.717) is 0 Å². The summed E-state index contributed by atoms with van der Waals surface area (Å²) in [7, 11) is 1.68. The quantitative estimate of drug-likeness (QED) is 0.692. The second-order valence-corrected chi connectivity index (χ2v) is 5.17. The maximum atomic E-state index is 5.91. The number of furan rings is 1. The van der Waals surface area contributed by atoms with Gasteiger partial charge in [-0.2, -0.15) is 0 Å². The average Bonchev–Trinajstić information content (AvgIpc) is 2.77. The lowest BCUT2D eigenvalue weighted by Gasteiger charge is -2.15. The van der Waals surface area contributed by atoms with E-state index >= 15 is 0 Å². The van der Waals surface area contributed by atoms with Crippen LogP contribution in [-0.4, -0.2) is 13.2 Å². The molecule has 0 aliphatic rings. The van der Waals surface area contributed by atoms with Crippen molar-refractivity contribution in [1.82, 2.24) is 0 Å². The maximum Gasteiger partial charge on any atom is 0.142 e. The molecule has 0 atom stereocenters. The lowest BCUT2D eigenvalue weighted by atomic mass is 10.1. The minimum Gasteiger partial charge on any atom is -0.496 e. The Labute approximate surface area is 118 Å². The minimum absolute atomic E-state index is 0.111. The number of para-hydroxylation sites is 1. The van der Waals surface area contributed by atoms with Gasteiger partial charge in [0.25, 0.3) is 0 Å². The summed E-state index contributed by atoms with van der Waals surface area (Å²) in [5.41, 5.74) is 2.66. The monoisotopic (exact) mass is 270 g/mol. The van der Waals surface area contributed by atoms with Gasteiger partial charge in [0, 0.05) is 17.0 Å². The summed E-state index contributed by atoms with van der Waals surface area (Å²) in [6.07, 6.45) is 0.111. The first kappa shape index (κ1) is 12.9. The summed E-state index contributed by atoms with van der Waals surface area (Å²) in [5.74, 6) is 1.63. The van der Waals surface area contributed by atoms with Crippen molar-refractivity contribution in [2.75, 3.05) is 7.11 Å². The first-order valence-corrected chi connectivity index (χ1v) is 6.77. The van der Waals surface area contributed by atoms with E-state index in [0.717, 1.165) is 39.0 Å². The van der Waals surface area contributed by atoms with Gasteiger partial charge < -0.3 is 13.9 Å². The summed E-state index contributed by atoms with van der Waals surface area (Å²) in [6.45, 7) is 6.03. The minimum atomic E-state index is 0.111. The fraction of sp³-hybridized carbons (Fsp3) is 0.294. The summed E-state index contributed by atoms with van der Waals surface area (Å²) in [5, 5.41) is 2.08. The van der Waals surface area contributed by atoms with Gasteiger partial charge in [-0.25, -0.2) is 0 Å². The number of hydrogen-bond acceptors (Lipinski definition) is 3. The van der Waals surface area contributed by atoms with E-state index in [4.69, 9.17) is 13.9 Å². The number of hydrogen-bond donors (Lipinski definition) is 0. The molecule has 1 heterocycles. The number of benzene rings is 2. The van der Waals surface area contributed by atoms with Gasteiger partial charge in [-0.05, 0) is 26.8 Å². The van der Waals surface area contributed by atoms with Crippen LogP contribution < -0.4 is 9.47 Å². The normalized spacial score (nSPS) is 11.4. The molecule has 0 bridgehead atoms. The smallest absolute Gasteiger partial charge is 0.142 e. The number of rotatable bonds is 3. The van der Waals surface area contributed by atoms with Crippen molar-refractivity contribution in [2.45, 2.75) is 26.9 Å². The molecule has 0 N–H and O–H groups in total. The molecule has 20 heavy (non-hydrogen) atoms. The van der Waals surface area contributed by atoms with Gasteiger partial charge in [0.05, 0.1) is 18.6 Å². The van der Waals surface area contributed by atoms with Gasteiger partial charge in [0.2, 0.25) is 0 Å². The summed E-state index contributed by atoms with van der Waals surface area (Å²) < 4.78 is 17.4. The SMILES string of the molecule is COc1c(C)c(OC(C)C)cc2oc3ccccc3c12. The van der Waals surface area contributed by atoms with E-state index in [1.165, 1.54) is 0 Å². The molecule has 3 nitrogen and oxygen atoms in total. The molecule has 0 spiro atoms. The Morgan fingerprint density at radius 1 is 1.10 bits per heavy atom. The molecule has 0 unspecified atom stereocenters. The molecular weight excluding hydrogens is 252 g/mol. The lowest BCUT2D eigenvalue weighted by Crippen LogP contribution is -2.07. The zero-order chi connectivity index (χ0) is 14.3. The molecule has 0 aliphatic carbocycles. The molecule has 0 amide bonds. The van der Waals surface area contributed by atoms with E-state index in [1.54, 1.807) is 7.11 Å². The highest BCUT2D eigenvalue weighted by Gasteiger charge is 2.18. The van der Waals surface area contributed by atoms with Crippen molar-refractivity contribution >= 4 is 21.9 Å². The third kappa shape index (κ3) is 1.90. The summed E-state index contributed by atoms with van der Waals surface area (Å²) in [4.78, 5) is 0. The molecular formula is C17H18O3. The Balaban J connectivity index is 2.37. The fourth-order valence-electron chi connectivity index (χ4n) is 2.56. The van der Waals surface area contributed by atoms with Gasteiger partial charge >= 0.3 is 0 Å². The highest BCUT2D eigenvalue weighted by molar-refractivity contribution is 6.09. The zero-order valence-corrected chi connectivity index (χ0v) is 12.2. The fourth-order valence-corrected chi connectivity index (χ4v) is 2.56. The number of fused-ring (bicyclic) bond motifs is 3. The largest absolute Gasteiger partial charge is 0.496 e. The molecule has 0 radical (unpaired) electrons. The molecule has 0 saturated heterocycles. The Morgan fingerprint density at radius 3 is 2.55 bits per heavy atom. The van der Waals surface area contributed by atoms with E-state index < -0.39 is 0 Å². The van der Waals surface area contributed by atoms with Crippen LogP contribution in [0.15, 0.2) is 34.7 Å². The predicted octanol–water partition coefficient (Wildman–Crippen LogP) is 4.69. The van der Waals surface area contributed by atoms with Gasteiger partial charge in [-0.15, -0.1) is 0 Å². The van der Waals surface area contributed by atoms with E-state index in [-0.39, 0.29) is 6.10 Å². The first-order valence-electron chi connectivity index (χ1n) is 6.77. The third-order valence-corrected chi connectivity index (χ3v) is 3.39. The molecule has 3 rings (SSSR count). The standard InChI is InChI=1S/C17H18O3/c1-10(2)19-14-9-15-16(17(18-4)11(14)3)12-7-5-6-8-13(12)20-15/h5-10H,1-4H3. The third-order valence-electron chi connectivity index (χ3n) is 3.39. The van der Waals surface area contributed by atoms with Crippen molar-refractivity contribution in [2.24, 2.45) is 0 Å². The van der Waals surface area contributed by atoms with E-state index in [2.05, 4.69) is 0 Å². The Kier molecular flexibility index (Phi) is 3.05. The van der Waals surface area contributed by atoms with Crippen LogP contribution in [0.1, 0.15) is 19.4 Å². The molecule has 1 aromatic heterocycles. The molecule has 2 aromatic carbocycles. The zero-order valence-electron chi connectivity index (χ0n) is 12.2. The van der Waals surface area contributed by atoms with Crippen molar-refractivity contribution < 1.29 is 13.9 Å². The van der Waals surface area contributed by atoms with Crippen LogP contribution in [0.4, 0.5) is 0 Å². The average molecular weight is 270 g/mol. The van der Waals surface area contributed by atoms with Gasteiger partial charge in [0.1, 0.15) is 22.7 Å². The van der Waals surface area contributed by atoms with Gasteiger partial charge in [-0.3, -0.25) is 0 Å². The van der Waals surface area contributed by atoms with Crippen molar-refractivity contribution in [3.63, 3.8) is 0 Å². The predicted molar refractivity (Wildman–Crippen MR) is 80.8 cm³/mol. The van der Waals surface area contributed by atoms with Crippen LogP contribution in [0.25, 0.3) is 21.9 Å². The van der Waals surface area contributed by atoms with E-state index in [1.807, 2.05) is 51.1 Å². The van der Waals surface area contributed by atoms with Crippen LogP contribution in [0.2, 0.25) is 0 Å². The van der Waals surface area contributed by atoms with Crippen LogP contribution >= 0.6 is 0 Å². The second-order valence-electron chi connectivity index (χ2n) is 5.17. The van der Waals surface area contributed by atoms with Crippen molar-refractivity contribution in [3.05, 3.63) is 35.9 Å². The van der Waals surface area contributed by atoms with Crippen LogP contribution in [-0.2, 0) is 0 Å². The summed E-state index contributed by atoms with van der Waals surface area (Å²) >= 11 is 0. The topological polar surface area (TPSA) is 31.6 Å². The van der Waals surface area contributed by atoms with Crippen LogP contribution in [0.3, 0.4) is 0 Å². The number of methoxy groups -OCH3 is 1. The second kappa shape index (κ2) is 4.75. The lowest BCUT2D eigenvalue weighted by molar-refractivity contribution is 0.239. The molecule has 0 fully saturated rings. The van der Waals surface area contributed by atoms with E-state index in [9.17, 15) is 0 Å². The Morgan fingerprint density at radius 2 is 1.85 bits per heavy atom. The van der Waals surface area contributed by atoms with Crippen molar-refractivity contribution in [3.8, 4) is 11.5 Å². The van der Waals surface area contributed by atoms with Crippen LogP contribution in [0, 0.1) is 6.92 Å². The molecule has 3 aromatic rings. The molecule has 3 heteroatoms. The molecule has 0 aliphatic heterocycles. The number of ether oxygens (including phenoxy) is 2. The molecule has 104 valence electrons. The highest BCUT2D eigenvalue weighted by atomic mass is 16.5. The Bertz CT molecular complexity index is 769. The maximum absolute atomic E-state index is 5.91. The first-order chi connectivity index (χ1) is 9.61. The van der Waals surface area contributed by atoms with Gasteiger partial charge in [0.15, 0.2) is 0 Å². The molecule has 0 saturated carbocycles. The Hall–Kier alpha value is -2.16.